The van der Waals surface area contributed by atoms with Crippen molar-refractivity contribution in [3.63, 3.8) is 0 Å². The molecule has 0 saturated carbocycles. The molecule has 0 unspecified atom stereocenters. The first kappa shape index (κ1) is 14.5. The first-order valence-electron chi connectivity index (χ1n) is 5.78. The van der Waals surface area contributed by atoms with Gasteiger partial charge in [-0.1, -0.05) is 0 Å². The summed E-state index contributed by atoms with van der Waals surface area (Å²) < 4.78 is 0. The van der Waals surface area contributed by atoms with Gasteiger partial charge in [0.25, 0.3) is 0 Å². The molecule has 0 N–H and O–H groups in total. The molecule has 1 aromatic rings. The topological polar surface area (TPSA) is 0 Å². The predicted molar refractivity (Wildman–Crippen MR) is 83.0 cm³/mol. The number of hydrogen-bond donors (Lipinski definition) is 0. The third kappa shape index (κ3) is 4.35. The van der Waals surface area contributed by atoms with Crippen LogP contribution in [0.1, 0.15) is 31.4 Å². The Labute approximate surface area is 113 Å². The van der Waals surface area contributed by atoms with Crippen molar-refractivity contribution in [3.05, 3.63) is 29.3 Å². The summed E-state index contributed by atoms with van der Waals surface area (Å²) in [5, 5.41) is -0.608. The number of benzene rings is 1. The van der Waals surface area contributed by atoms with Crippen molar-refractivity contribution in [3.8, 4) is 0 Å². The molecule has 3 heteroatoms. The van der Waals surface area contributed by atoms with E-state index >= 15 is 0 Å². The Kier molecular flexibility index (Phi) is 5.29. The minimum absolute atomic E-state index is 0.717. The summed E-state index contributed by atoms with van der Waals surface area (Å²) in [5.74, 6) is 0.717. The Morgan fingerprint density at radius 2 is 1.69 bits per heavy atom. The quantitative estimate of drug-likeness (QED) is 0.669. The van der Waals surface area contributed by atoms with Crippen LogP contribution in [0, 0.1) is 19.8 Å². The first-order valence-corrected chi connectivity index (χ1v) is 11.3. The normalized spacial score (nSPS) is 13.2. The Bertz CT molecular complexity index is 341. The van der Waals surface area contributed by atoms with Crippen LogP contribution >= 0.6 is 32.0 Å². The molecule has 16 heavy (non-hydrogen) atoms. The van der Waals surface area contributed by atoms with Crippen LogP contribution in [0.3, 0.4) is 0 Å². The van der Waals surface area contributed by atoms with E-state index in [2.05, 4.69) is 61.4 Å². The van der Waals surface area contributed by atoms with Gasteiger partial charge in [0.1, 0.15) is 0 Å². The van der Waals surface area contributed by atoms with Crippen LogP contribution in [-0.4, -0.2) is 6.16 Å². The van der Waals surface area contributed by atoms with Crippen LogP contribution in [0.2, 0.25) is 0 Å². The van der Waals surface area contributed by atoms with Crippen LogP contribution in [0.4, 0.5) is 0 Å². The second-order valence-electron chi connectivity index (χ2n) is 5.01. The van der Waals surface area contributed by atoms with E-state index in [-0.39, 0.29) is 0 Å². The number of hydrogen-bond acceptors (Lipinski definition) is 0. The fourth-order valence-corrected chi connectivity index (χ4v) is 5.93. The van der Waals surface area contributed by atoms with Gasteiger partial charge in [-0.15, -0.1) is 0 Å². The van der Waals surface area contributed by atoms with E-state index in [9.17, 15) is 0 Å². The van der Waals surface area contributed by atoms with Crippen molar-refractivity contribution < 1.29 is 0 Å². The average Bonchev–Trinajstić information content (AvgIpc) is 2.13. The van der Waals surface area contributed by atoms with E-state index in [0.717, 1.165) is 6.16 Å². The van der Waals surface area contributed by atoms with Gasteiger partial charge in [0.05, 0.1) is 0 Å². The molecule has 1 rings (SSSR count). The molecular weight excluding hydrogens is 302 g/mol. The molecule has 92 valence electrons. The molecule has 0 heterocycles. The Morgan fingerprint density at radius 3 is 2.12 bits per heavy atom. The summed E-state index contributed by atoms with van der Waals surface area (Å²) in [6.07, 6.45) is 2.28. The van der Waals surface area contributed by atoms with Gasteiger partial charge in [0, 0.05) is 0 Å². The second-order valence-corrected chi connectivity index (χ2v) is 14.9. The molecule has 0 radical (unpaired) electrons. The van der Waals surface area contributed by atoms with Gasteiger partial charge < -0.3 is 0 Å². The molecule has 0 spiro atoms. The maximum atomic E-state index is 6.71. The molecule has 0 aromatic heterocycles. The minimum atomic E-state index is -1.92. The van der Waals surface area contributed by atoms with E-state index in [0.29, 0.717) is 5.92 Å². The van der Waals surface area contributed by atoms with Crippen LogP contribution in [0.15, 0.2) is 18.2 Å². The zero-order chi connectivity index (χ0) is 12.3. The Hall–Kier alpha value is 0.420. The van der Waals surface area contributed by atoms with Crippen LogP contribution in [0.5, 0.6) is 0 Å². The summed E-state index contributed by atoms with van der Waals surface area (Å²) in [6, 6.07) is 6.64. The van der Waals surface area contributed by atoms with E-state index in [4.69, 9.17) is 11.2 Å². The molecule has 0 amide bonds. The zero-order valence-electron chi connectivity index (χ0n) is 10.5. The van der Waals surface area contributed by atoms with Gasteiger partial charge >= 0.3 is 113 Å². The van der Waals surface area contributed by atoms with E-state index in [1.165, 1.54) is 22.9 Å². The SMILES string of the molecule is Cc1cc(C)cc([PH](Cl)(Br)CCC(C)C)c1. The van der Waals surface area contributed by atoms with Crippen LogP contribution in [-0.2, 0) is 0 Å². The molecular formula is C13H21BrClP. The monoisotopic (exact) mass is 322 g/mol. The molecule has 0 bridgehead atoms. The summed E-state index contributed by atoms with van der Waals surface area (Å²) in [7, 11) is 0. The van der Waals surface area contributed by atoms with Crippen molar-refractivity contribution in [1.29, 1.82) is 0 Å². The predicted octanol–water partition coefficient (Wildman–Crippen LogP) is 5.19. The van der Waals surface area contributed by atoms with Gasteiger partial charge in [-0.3, -0.25) is 0 Å². The van der Waals surface area contributed by atoms with Gasteiger partial charge in [-0.2, -0.15) is 0 Å². The number of aryl methyl sites for hydroxylation is 2. The van der Waals surface area contributed by atoms with Crippen molar-refractivity contribution in [2.24, 2.45) is 5.92 Å². The molecule has 0 nitrogen and oxygen atoms in total. The third-order valence-electron chi connectivity index (χ3n) is 2.68. The average molecular weight is 324 g/mol. The summed E-state index contributed by atoms with van der Waals surface area (Å²) >= 11 is 10.5. The van der Waals surface area contributed by atoms with E-state index in [1.807, 2.05) is 0 Å². The fraction of sp³-hybridized carbons (Fsp3) is 0.538. The Morgan fingerprint density at radius 1 is 1.19 bits per heavy atom. The van der Waals surface area contributed by atoms with Crippen LogP contribution in [0.25, 0.3) is 0 Å². The van der Waals surface area contributed by atoms with Crippen LogP contribution < -0.4 is 5.30 Å². The number of rotatable bonds is 4. The zero-order valence-corrected chi connectivity index (χ0v) is 13.8. The van der Waals surface area contributed by atoms with E-state index < -0.39 is 5.32 Å². The third-order valence-corrected chi connectivity index (χ3v) is 8.51. The van der Waals surface area contributed by atoms with Gasteiger partial charge in [-0.05, 0) is 0 Å². The van der Waals surface area contributed by atoms with Gasteiger partial charge in [-0.25, -0.2) is 0 Å². The standard InChI is InChI=1S/C13H21BrClP/c1-10(2)5-6-16(14,15)13-8-11(3)7-12(4)9-13/h7-10,16H,5-6H2,1-4H3. The van der Waals surface area contributed by atoms with E-state index in [1.54, 1.807) is 0 Å². The van der Waals surface area contributed by atoms with Crippen molar-refractivity contribution in [2.45, 2.75) is 34.1 Å². The molecule has 0 fully saturated rings. The molecule has 0 atom stereocenters. The van der Waals surface area contributed by atoms with Gasteiger partial charge in [0.15, 0.2) is 0 Å². The van der Waals surface area contributed by atoms with Crippen molar-refractivity contribution in [2.75, 3.05) is 6.16 Å². The molecule has 0 aliphatic carbocycles. The second kappa shape index (κ2) is 5.85. The summed E-state index contributed by atoms with van der Waals surface area (Å²) in [4.78, 5) is 0. The summed E-state index contributed by atoms with van der Waals surface area (Å²) in [6.45, 7) is 8.76. The van der Waals surface area contributed by atoms with Crippen molar-refractivity contribution in [1.82, 2.24) is 0 Å². The molecule has 0 aliphatic rings. The Balaban J connectivity index is 2.88. The molecule has 1 aromatic carbocycles. The van der Waals surface area contributed by atoms with Gasteiger partial charge in [0.2, 0.25) is 0 Å². The van der Waals surface area contributed by atoms with Crippen molar-refractivity contribution >= 4 is 37.4 Å². The summed E-state index contributed by atoms with van der Waals surface area (Å²) in [5.41, 5.74) is 2.60. The maximum absolute atomic E-state index is 6.71. The molecule has 0 saturated heterocycles. The fourth-order valence-electron chi connectivity index (χ4n) is 1.80. The number of halogens is 2. The first-order chi connectivity index (χ1) is 7.31. The molecule has 0 aliphatic heterocycles.